The van der Waals surface area contributed by atoms with Gasteiger partial charge in [-0.15, -0.1) is 0 Å². The lowest BCUT2D eigenvalue weighted by molar-refractivity contribution is 0.410. The van der Waals surface area contributed by atoms with Gasteiger partial charge in [0.2, 0.25) is 5.95 Å². The molecule has 6 nitrogen and oxygen atoms in total. The van der Waals surface area contributed by atoms with Gasteiger partial charge in [0, 0.05) is 24.0 Å². The van der Waals surface area contributed by atoms with Crippen molar-refractivity contribution in [1.29, 1.82) is 5.26 Å². The minimum Gasteiger partial charge on any atom is -0.496 e. The summed E-state index contributed by atoms with van der Waals surface area (Å²) in [6.45, 7) is 2.61. The second kappa shape index (κ2) is 8.68. The Balaban J connectivity index is 1.67. The van der Waals surface area contributed by atoms with Crippen LogP contribution in [0.4, 0.5) is 17.5 Å². The van der Waals surface area contributed by atoms with Crippen LogP contribution < -0.4 is 15.4 Å². The number of nitrogens with one attached hydrogen (secondary N) is 2. The molecule has 0 saturated carbocycles. The van der Waals surface area contributed by atoms with Crippen molar-refractivity contribution in [2.24, 2.45) is 0 Å². The Morgan fingerprint density at radius 1 is 1.07 bits per heavy atom. The zero-order valence-electron chi connectivity index (χ0n) is 15.4. The third-order valence-electron chi connectivity index (χ3n) is 3.99. The molecule has 136 valence electrons. The first-order valence-corrected chi connectivity index (χ1v) is 8.66. The van der Waals surface area contributed by atoms with Crippen molar-refractivity contribution in [2.75, 3.05) is 24.3 Å². The van der Waals surface area contributed by atoms with Gasteiger partial charge >= 0.3 is 0 Å². The number of para-hydroxylation sites is 1. The van der Waals surface area contributed by atoms with Crippen LogP contribution in [0.2, 0.25) is 0 Å². The molecule has 0 atom stereocenters. The third kappa shape index (κ3) is 4.95. The maximum absolute atomic E-state index is 9.02. The van der Waals surface area contributed by atoms with Crippen LogP contribution >= 0.6 is 0 Å². The summed E-state index contributed by atoms with van der Waals surface area (Å²) in [7, 11) is 1.68. The zero-order chi connectivity index (χ0) is 19.1. The summed E-state index contributed by atoms with van der Waals surface area (Å²) in [4.78, 5) is 8.95. The van der Waals surface area contributed by atoms with E-state index in [9.17, 15) is 0 Å². The summed E-state index contributed by atoms with van der Waals surface area (Å²) in [6.07, 6.45) is 0.800. The first kappa shape index (κ1) is 18.2. The molecule has 0 unspecified atom stereocenters. The van der Waals surface area contributed by atoms with Crippen LogP contribution in [-0.4, -0.2) is 23.6 Å². The van der Waals surface area contributed by atoms with Crippen molar-refractivity contribution >= 4 is 17.5 Å². The van der Waals surface area contributed by atoms with Gasteiger partial charge in [0.1, 0.15) is 11.6 Å². The minimum atomic E-state index is 0.559. The summed E-state index contributed by atoms with van der Waals surface area (Å²) in [6, 6.07) is 19.2. The SMILES string of the molecule is COc1ccccc1CCNc1nc(C)cc(Nc2cccc(C#N)c2)n1. The Morgan fingerprint density at radius 3 is 2.74 bits per heavy atom. The maximum Gasteiger partial charge on any atom is 0.224 e. The zero-order valence-corrected chi connectivity index (χ0v) is 15.4. The quantitative estimate of drug-likeness (QED) is 0.662. The summed E-state index contributed by atoms with van der Waals surface area (Å²) >= 11 is 0. The fourth-order valence-corrected chi connectivity index (χ4v) is 2.74. The molecule has 0 aliphatic heterocycles. The molecule has 0 radical (unpaired) electrons. The number of ether oxygens (including phenoxy) is 1. The number of hydrogen-bond donors (Lipinski definition) is 2. The molecule has 0 bridgehead atoms. The van der Waals surface area contributed by atoms with Crippen LogP contribution in [-0.2, 0) is 6.42 Å². The highest BCUT2D eigenvalue weighted by molar-refractivity contribution is 5.59. The second-order valence-corrected chi connectivity index (χ2v) is 6.02. The highest BCUT2D eigenvalue weighted by Gasteiger charge is 2.05. The van der Waals surface area contributed by atoms with Gasteiger partial charge in [-0.2, -0.15) is 10.2 Å². The Labute approximate surface area is 158 Å². The van der Waals surface area contributed by atoms with Gasteiger partial charge in [-0.05, 0) is 43.2 Å². The van der Waals surface area contributed by atoms with Gasteiger partial charge in [-0.3, -0.25) is 0 Å². The highest BCUT2D eigenvalue weighted by atomic mass is 16.5. The normalized spacial score (nSPS) is 10.1. The van der Waals surface area contributed by atoms with E-state index >= 15 is 0 Å². The average molecular weight is 359 g/mol. The molecule has 0 saturated heterocycles. The van der Waals surface area contributed by atoms with E-state index in [-0.39, 0.29) is 0 Å². The largest absolute Gasteiger partial charge is 0.496 e. The number of aromatic nitrogens is 2. The Bertz CT molecular complexity index is 965. The number of aryl methyl sites for hydroxylation is 1. The average Bonchev–Trinajstić information content (AvgIpc) is 2.68. The van der Waals surface area contributed by atoms with E-state index in [0.717, 1.165) is 29.1 Å². The number of nitrogens with zero attached hydrogens (tertiary/aromatic N) is 3. The van der Waals surface area contributed by atoms with Crippen LogP contribution in [0.1, 0.15) is 16.8 Å². The van der Waals surface area contributed by atoms with Crippen LogP contribution in [0.3, 0.4) is 0 Å². The Kier molecular flexibility index (Phi) is 5.85. The molecule has 1 heterocycles. The lowest BCUT2D eigenvalue weighted by Gasteiger charge is -2.11. The maximum atomic E-state index is 9.02. The van der Waals surface area contributed by atoms with Crippen molar-refractivity contribution < 1.29 is 4.74 Å². The molecule has 0 spiro atoms. The smallest absolute Gasteiger partial charge is 0.224 e. The first-order chi connectivity index (χ1) is 13.2. The lowest BCUT2D eigenvalue weighted by atomic mass is 10.1. The molecule has 1 aromatic heterocycles. The molecule has 0 amide bonds. The monoisotopic (exact) mass is 359 g/mol. The van der Waals surface area contributed by atoms with Gasteiger partial charge in [0.25, 0.3) is 0 Å². The summed E-state index contributed by atoms with van der Waals surface area (Å²) in [5.41, 5.74) is 3.39. The van der Waals surface area contributed by atoms with Crippen LogP contribution in [0, 0.1) is 18.3 Å². The van der Waals surface area contributed by atoms with Crippen LogP contribution in [0.15, 0.2) is 54.6 Å². The standard InChI is InChI=1S/C21H21N5O/c1-15-12-20(25-18-8-5-6-16(13-18)14-22)26-21(24-15)23-11-10-17-7-3-4-9-19(17)27-2/h3-9,12-13H,10-11H2,1-2H3,(H2,23,24,25,26). The molecule has 2 aromatic carbocycles. The molecule has 0 fully saturated rings. The van der Waals surface area contributed by atoms with E-state index in [1.165, 1.54) is 0 Å². The number of nitriles is 1. The predicted molar refractivity (Wildman–Crippen MR) is 106 cm³/mol. The van der Waals surface area contributed by atoms with E-state index in [0.29, 0.717) is 23.9 Å². The van der Waals surface area contributed by atoms with Gasteiger partial charge in [-0.25, -0.2) is 4.98 Å². The number of methoxy groups -OCH3 is 1. The number of benzene rings is 2. The van der Waals surface area contributed by atoms with E-state index in [1.54, 1.807) is 19.2 Å². The molecule has 2 N–H and O–H groups in total. The summed E-state index contributed by atoms with van der Waals surface area (Å²) in [5.74, 6) is 2.12. The van der Waals surface area contributed by atoms with E-state index in [1.807, 2.05) is 49.4 Å². The van der Waals surface area contributed by atoms with Crippen molar-refractivity contribution in [3.05, 3.63) is 71.4 Å². The number of anilines is 3. The Morgan fingerprint density at radius 2 is 1.93 bits per heavy atom. The molecule has 0 aliphatic carbocycles. The summed E-state index contributed by atoms with van der Waals surface area (Å²) in [5, 5.41) is 15.5. The van der Waals surface area contributed by atoms with Crippen molar-refractivity contribution in [1.82, 2.24) is 9.97 Å². The lowest BCUT2D eigenvalue weighted by Crippen LogP contribution is -2.10. The van der Waals surface area contributed by atoms with E-state index < -0.39 is 0 Å². The third-order valence-corrected chi connectivity index (χ3v) is 3.99. The number of hydrogen-bond acceptors (Lipinski definition) is 6. The van der Waals surface area contributed by atoms with Crippen LogP contribution in [0.25, 0.3) is 0 Å². The van der Waals surface area contributed by atoms with Gasteiger partial charge in [-0.1, -0.05) is 24.3 Å². The molecule has 0 aliphatic rings. The topological polar surface area (TPSA) is 82.9 Å². The van der Waals surface area contributed by atoms with E-state index in [4.69, 9.17) is 10.00 Å². The molecular weight excluding hydrogens is 338 g/mol. The fourth-order valence-electron chi connectivity index (χ4n) is 2.74. The highest BCUT2D eigenvalue weighted by Crippen LogP contribution is 2.19. The van der Waals surface area contributed by atoms with Crippen molar-refractivity contribution in [2.45, 2.75) is 13.3 Å². The van der Waals surface area contributed by atoms with Gasteiger partial charge < -0.3 is 15.4 Å². The number of rotatable bonds is 7. The van der Waals surface area contributed by atoms with Crippen molar-refractivity contribution in [3.63, 3.8) is 0 Å². The van der Waals surface area contributed by atoms with Crippen molar-refractivity contribution in [3.8, 4) is 11.8 Å². The van der Waals surface area contributed by atoms with E-state index in [2.05, 4.69) is 26.7 Å². The molecule has 3 rings (SSSR count). The molecular formula is C21H21N5O. The van der Waals surface area contributed by atoms with Gasteiger partial charge in [0.15, 0.2) is 0 Å². The molecule has 3 aromatic rings. The minimum absolute atomic E-state index is 0.559. The van der Waals surface area contributed by atoms with Crippen LogP contribution in [0.5, 0.6) is 5.75 Å². The summed E-state index contributed by atoms with van der Waals surface area (Å²) < 4.78 is 5.38. The first-order valence-electron chi connectivity index (χ1n) is 8.66. The molecule has 6 heteroatoms. The second-order valence-electron chi connectivity index (χ2n) is 6.02. The predicted octanol–water partition coefficient (Wildman–Crippen LogP) is 4.06. The fraction of sp³-hybridized carbons (Fsp3) is 0.190. The molecule has 27 heavy (non-hydrogen) atoms. The van der Waals surface area contributed by atoms with Gasteiger partial charge in [0.05, 0.1) is 18.7 Å². The Hall–Kier alpha value is -3.59.